The van der Waals surface area contributed by atoms with Crippen molar-refractivity contribution >= 4 is 28.8 Å². The van der Waals surface area contributed by atoms with Gasteiger partial charge in [0, 0.05) is 9.90 Å². The lowest BCUT2D eigenvalue weighted by molar-refractivity contribution is 0.0948. The summed E-state index contributed by atoms with van der Waals surface area (Å²) in [5, 5.41) is 5.32. The number of carbonyl (C=O) groups excluding carboxylic acids is 1. The van der Waals surface area contributed by atoms with Crippen LogP contribution < -0.4 is 10.1 Å². The first-order valence-corrected chi connectivity index (χ1v) is 6.60. The zero-order valence-electron chi connectivity index (χ0n) is 9.77. The number of hydrogen-bond acceptors (Lipinski definition) is 3. The molecule has 18 heavy (non-hydrogen) atoms. The minimum atomic E-state index is -0.192. The normalized spacial score (nSPS) is 10.1. The molecule has 1 amide bonds. The molecule has 0 fully saturated rings. The van der Waals surface area contributed by atoms with Gasteiger partial charge < -0.3 is 10.1 Å². The SMILES string of the molecule is COc1ccc(Cl)cc1C(=O)NCc1cccs1. The quantitative estimate of drug-likeness (QED) is 0.933. The highest BCUT2D eigenvalue weighted by Crippen LogP contribution is 2.22. The van der Waals surface area contributed by atoms with E-state index < -0.39 is 0 Å². The minimum absolute atomic E-state index is 0.192. The van der Waals surface area contributed by atoms with Crippen LogP contribution in [0.15, 0.2) is 35.7 Å². The first-order chi connectivity index (χ1) is 8.70. The fraction of sp³-hybridized carbons (Fsp3) is 0.154. The highest BCUT2D eigenvalue weighted by molar-refractivity contribution is 7.09. The van der Waals surface area contributed by atoms with Crippen molar-refractivity contribution < 1.29 is 9.53 Å². The summed E-state index contributed by atoms with van der Waals surface area (Å²) in [6.07, 6.45) is 0. The first kappa shape index (κ1) is 12.9. The highest BCUT2D eigenvalue weighted by Gasteiger charge is 2.12. The first-order valence-electron chi connectivity index (χ1n) is 5.35. The van der Waals surface area contributed by atoms with E-state index in [0.29, 0.717) is 22.9 Å². The van der Waals surface area contributed by atoms with Crippen LogP contribution in [0.1, 0.15) is 15.2 Å². The van der Waals surface area contributed by atoms with Gasteiger partial charge in [-0.3, -0.25) is 4.79 Å². The van der Waals surface area contributed by atoms with Crippen molar-refractivity contribution in [3.05, 3.63) is 51.2 Å². The Hall–Kier alpha value is -1.52. The number of ether oxygens (including phenoxy) is 1. The van der Waals surface area contributed by atoms with Crippen molar-refractivity contribution in [1.29, 1.82) is 0 Å². The van der Waals surface area contributed by atoms with E-state index >= 15 is 0 Å². The topological polar surface area (TPSA) is 38.3 Å². The van der Waals surface area contributed by atoms with Gasteiger partial charge in [0.1, 0.15) is 5.75 Å². The average Bonchev–Trinajstić information content (AvgIpc) is 2.89. The zero-order valence-corrected chi connectivity index (χ0v) is 11.3. The van der Waals surface area contributed by atoms with Gasteiger partial charge in [-0.1, -0.05) is 17.7 Å². The Bertz CT molecular complexity index is 540. The van der Waals surface area contributed by atoms with Gasteiger partial charge in [0.25, 0.3) is 5.91 Å². The van der Waals surface area contributed by atoms with Crippen LogP contribution in [0, 0.1) is 0 Å². The molecule has 0 radical (unpaired) electrons. The summed E-state index contributed by atoms with van der Waals surface area (Å²) < 4.78 is 5.14. The molecule has 0 saturated heterocycles. The van der Waals surface area contributed by atoms with Gasteiger partial charge in [-0.2, -0.15) is 0 Å². The molecule has 0 aliphatic carbocycles. The van der Waals surface area contributed by atoms with E-state index in [2.05, 4.69) is 5.32 Å². The third-order valence-electron chi connectivity index (χ3n) is 2.41. The third kappa shape index (κ3) is 3.03. The van der Waals surface area contributed by atoms with Crippen molar-refractivity contribution in [3.63, 3.8) is 0 Å². The predicted molar refractivity (Wildman–Crippen MR) is 73.5 cm³/mol. The Morgan fingerprint density at radius 2 is 2.28 bits per heavy atom. The third-order valence-corrected chi connectivity index (χ3v) is 3.52. The number of benzene rings is 1. The Balaban J connectivity index is 2.10. The molecular formula is C13H12ClNO2S. The van der Waals surface area contributed by atoms with E-state index in [1.54, 1.807) is 29.5 Å². The van der Waals surface area contributed by atoms with Crippen LogP contribution in [0.3, 0.4) is 0 Å². The van der Waals surface area contributed by atoms with Crippen LogP contribution in [-0.4, -0.2) is 13.0 Å². The molecule has 0 spiro atoms. The number of hydrogen-bond donors (Lipinski definition) is 1. The second-order valence-electron chi connectivity index (χ2n) is 3.61. The fourth-order valence-corrected chi connectivity index (χ4v) is 2.35. The molecule has 2 aromatic rings. The van der Waals surface area contributed by atoms with Crippen LogP contribution in [0.5, 0.6) is 5.75 Å². The molecule has 0 unspecified atom stereocenters. The summed E-state index contributed by atoms with van der Waals surface area (Å²) in [6, 6.07) is 8.90. The molecule has 0 bridgehead atoms. The maximum atomic E-state index is 12.0. The number of amides is 1. The minimum Gasteiger partial charge on any atom is -0.496 e. The van der Waals surface area contributed by atoms with Gasteiger partial charge in [-0.05, 0) is 29.6 Å². The molecule has 1 aromatic heterocycles. The molecule has 0 aliphatic heterocycles. The van der Waals surface area contributed by atoms with Crippen LogP contribution >= 0.6 is 22.9 Å². The van der Waals surface area contributed by atoms with E-state index in [1.807, 2.05) is 17.5 Å². The van der Waals surface area contributed by atoms with E-state index in [0.717, 1.165) is 4.88 Å². The van der Waals surface area contributed by atoms with Crippen LogP contribution in [0.4, 0.5) is 0 Å². The summed E-state index contributed by atoms with van der Waals surface area (Å²) in [5.41, 5.74) is 0.446. The van der Waals surface area contributed by atoms with Crippen molar-refractivity contribution in [3.8, 4) is 5.75 Å². The van der Waals surface area contributed by atoms with E-state index in [4.69, 9.17) is 16.3 Å². The lowest BCUT2D eigenvalue weighted by atomic mass is 10.2. The standard InChI is InChI=1S/C13H12ClNO2S/c1-17-12-5-4-9(14)7-11(12)13(16)15-8-10-3-2-6-18-10/h2-7H,8H2,1H3,(H,15,16). The number of halogens is 1. The van der Waals surface area contributed by atoms with E-state index in [-0.39, 0.29) is 5.91 Å². The molecule has 94 valence electrons. The predicted octanol–water partition coefficient (Wildman–Crippen LogP) is 3.34. The molecule has 5 heteroatoms. The smallest absolute Gasteiger partial charge is 0.255 e. The second-order valence-corrected chi connectivity index (χ2v) is 5.08. The molecule has 3 nitrogen and oxygen atoms in total. The molecule has 0 atom stereocenters. The number of methoxy groups -OCH3 is 1. The average molecular weight is 282 g/mol. The summed E-state index contributed by atoms with van der Waals surface area (Å²) in [7, 11) is 1.53. The Morgan fingerprint density at radius 3 is 2.94 bits per heavy atom. The largest absolute Gasteiger partial charge is 0.496 e. The maximum absolute atomic E-state index is 12.0. The molecular weight excluding hydrogens is 270 g/mol. The number of carbonyl (C=O) groups is 1. The van der Waals surface area contributed by atoms with Gasteiger partial charge >= 0.3 is 0 Å². The molecule has 0 saturated carbocycles. The zero-order chi connectivity index (χ0) is 13.0. The summed E-state index contributed by atoms with van der Waals surface area (Å²) >= 11 is 7.49. The summed E-state index contributed by atoms with van der Waals surface area (Å²) in [4.78, 5) is 13.1. The monoisotopic (exact) mass is 281 g/mol. The lowest BCUT2D eigenvalue weighted by Crippen LogP contribution is -2.22. The van der Waals surface area contributed by atoms with Crippen molar-refractivity contribution in [1.82, 2.24) is 5.32 Å². The lowest BCUT2D eigenvalue weighted by Gasteiger charge is -2.09. The number of thiophene rings is 1. The second kappa shape index (κ2) is 5.89. The van der Waals surface area contributed by atoms with Gasteiger partial charge in [-0.25, -0.2) is 0 Å². The van der Waals surface area contributed by atoms with Crippen LogP contribution in [0.2, 0.25) is 5.02 Å². The Morgan fingerprint density at radius 1 is 1.44 bits per heavy atom. The molecule has 0 aliphatic rings. The van der Waals surface area contributed by atoms with E-state index in [9.17, 15) is 4.79 Å². The molecule has 1 aromatic carbocycles. The molecule has 1 heterocycles. The van der Waals surface area contributed by atoms with E-state index in [1.165, 1.54) is 7.11 Å². The summed E-state index contributed by atoms with van der Waals surface area (Å²) in [6.45, 7) is 0.506. The van der Waals surface area contributed by atoms with Gasteiger partial charge in [0.15, 0.2) is 0 Å². The van der Waals surface area contributed by atoms with Gasteiger partial charge in [0.2, 0.25) is 0 Å². The Kier molecular flexibility index (Phi) is 4.23. The van der Waals surface area contributed by atoms with Crippen molar-refractivity contribution in [2.75, 3.05) is 7.11 Å². The molecule has 1 N–H and O–H groups in total. The van der Waals surface area contributed by atoms with Crippen molar-refractivity contribution in [2.45, 2.75) is 6.54 Å². The number of nitrogens with one attached hydrogen (secondary N) is 1. The van der Waals surface area contributed by atoms with Gasteiger partial charge in [-0.15, -0.1) is 11.3 Å². The number of rotatable bonds is 4. The van der Waals surface area contributed by atoms with Crippen LogP contribution in [-0.2, 0) is 6.54 Å². The van der Waals surface area contributed by atoms with Crippen LogP contribution in [0.25, 0.3) is 0 Å². The summed E-state index contributed by atoms with van der Waals surface area (Å²) in [5.74, 6) is 0.325. The van der Waals surface area contributed by atoms with Gasteiger partial charge in [0.05, 0.1) is 19.2 Å². The fourth-order valence-electron chi connectivity index (χ4n) is 1.53. The maximum Gasteiger partial charge on any atom is 0.255 e. The highest BCUT2D eigenvalue weighted by atomic mass is 35.5. The Labute approximate surface area is 114 Å². The van der Waals surface area contributed by atoms with Crippen molar-refractivity contribution in [2.24, 2.45) is 0 Å². The molecule has 2 rings (SSSR count).